The highest BCUT2D eigenvalue weighted by Gasteiger charge is 2.28. The monoisotopic (exact) mass is 349 g/mol. The van der Waals surface area contributed by atoms with E-state index in [2.05, 4.69) is 9.97 Å². The predicted molar refractivity (Wildman–Crippen MR) is 97.1 cm³/mol. The number of para-hydroxylation sites is 1. The summed E-state index contributed by atoms with van der Waals surface area (Å²) < 4.78 is 5.70. The minimum absolute atomic E-state index is 0.0877. The number of nitrogens with zero attached hydrogens (tertiary/aromatic N) is 3. The molecule has 0 bridgehead atoms. The van der Waals surface area contributed by atoms with E-state index in [1.165, 1.54) is 6.07 Å². The number of amides is 1. The Kier molecular flexibility index (Phi) is 4.24. The number of hydrogen-bond donors (Lipinski definition) is 0. The number of benzene rings is 1. The molecule has 1 saturated heterocycles. The van der Waals surface area contributed by atoms with E-state index in [9.17, 15) is 9.59 Å². The molecular formula is C20H19N3O3. The molecule has 3 heterocycles. The normalized spacial score (nSPS) is 17.4. The Labute approximate surface area is 150 Å². The maximum atomic E-state index is 12.9. The Balaban J connectivity index is 1.61. The number of carbonyl (C=O) groups excluding carboxylic acids is 1. The van der Waals surface area contributed by atoms with Crippen molar-refractivity contribution in [2.24, 2.45) is 0 Å². The van der Waals surface area contributed by atoms with Crippen molar-refractivity contribution in [2.45, 2.75) is 25.7 Å². The Morgan fingerprint density at radius 3 is 2.96 bits per heavy atom. The van der Waals surface area contributed by atoms with Gasteiger partial charge in [-0.05, 0) is 31.9 Å². The third-order valence-corrected chi connectivity index (χ3v) is 4.75. The summed E-state index contributed by atoms with van der Waals surface area (Å²) in [5.41, 5.74) is 2.00. The van der Waals surface area contributed by atoms with Crippen molar-refractivity contribution in [2.75, 3.05) is 13.1 Å². The van der Waals surface area contributed by atoms with Gasteiger partial charge in [-0.25, -0.2) is 0 Å². The second-order valence-corrected chi connectivity index (χ2v) is 6.65. The molecule has 1 amide bonds. The van der Waals surface area contributed by atoms with Crippen LogP contribution in [0, 0.1) is 6.92 Å². The Morgan fingerprint density at radius 1 is 1.27 bits per heavy atom. The van der Waals surface area contributed by atoms with E-state index in [4.69, 9.17) is 4.42 Å². The van der Waals surface area contributed by atoms with Crippen LogP contribution in [0.3, 0.4) is 0 Å². The number of hydrogen-bond acceptors (Lipinski definition) is 5. The van der Waals surface area contributed by atoms with Crippen molar-refractivity contribution in [3.8, 4) is 0 Å². The van der Waals surface area contributed by atoms with Gasteiger partial charge < -0.3 is 9.32 Å². The zero-order valence-electron chi connectivity index (χ0n) is 14.5. The average Bonchev–Trinajstić information content (AvgIpc) is 2.67. The second kappa shape index (κ2) is 6.71. The first kappa shape index (κ1) is 16.4. The van der Waals surface area contributed by atoms with Gasteiger partial charge in [0.05, 0.1) is 16.8 Å². The summed E-state index contributed by atoms with van der Waals surface area (Å²) in [6.07, 6.45) is 5.33. The standard InChI is InChI=1S/C20H19N3O3/c1-13-10-21-11-16(22-13)14-5-4-8-23(12-14)20(25)19-9-17(24)15-6-2-3-7-18(15)26-19/h2-3,6-7,9-11,14H,4-5,8,12H2,1H3/t14-/m1/s1. The van der Waals surface area contributed by atoms with Crippen molar-refractivity contribution in [1.29, 1.82) is 0 Å². The van der Waals surface area contributed by atoms with Crippen LogP contribution in [-0.4, -0.2) is 33.9 Å². The van der Waals surface area contributed by atoms with Crippen LogP contribution in [0.4, 0.5) is 0 Å². The second-order valence-electron chi connectivity index (χ2n) is 6.65. The molecular weight excluding hydrogens is 330 g/mol. The Morgan fingerprint density at radius 2 is 2.12 bits per heavy atom. The summed E-state index contributed by atoms with van der Waals surface area (Å²) in [6.45, 7) is 3.10. The molecule has 1 aromatic carbocycles. The number of aromatic nitrogens is 2. The van der Waals surface area contributed by atoms with Gasteiger partial charge >= 0.3 is 0 Å². The predicted octanol–water partition coefficient (Wildman–Crippen LogP) is 2.91. The zero-order chi connectivity index (χ0) is 18.1. The summed E-state index contributed by atoms with van der Waals surface area (Å²) in [5.74, 6) is -0.0184. The molecule has 6 heteroatoms. The molecule has 26 heavy (non-hydrogen) atoms. The SMILES string of the molecule is Cc1cncc([C@@H]2CCCN(C(=O)c3cc(=O)c4ccccc4o3)C2)n1. The average molecular weight is 349 g/mol. The van der Waals surface area contributed by atoms with E-state index >= 15 is 0 Å². The van der Waals surface area contributed by atoms with Crippen molar-refractivity contribution in [3.63, 3.8) is 0 Å². The van der Waals surface area contributed by atoms with Gasteiger partial charge in [-0.2, -0.15) is 0 Å². The highest BCUT2D eigenvalue weighted by molar-refractivity contribution is 5.93. The smallest absolute Gasteiger partial charge is 0.289 e. The van der Waals surface area contributed by atoms with Crippen molar-refractivity contribution < 1.29 is 9.21 Å². The fourth-order valence-electron chi connectivity index (χ4n) is 3.45. The van der Waals surface area contributed by atoms with Crippen LogP contribution in [0.5, 0.6) is 0 Å². The molecule has 0 spiro atoms. The van der Waals surface area contributed by atoms with Gasteiger partial charge in [0.1, 0.15) is 5.58 Å². The minimum Gasteiger partial charge on any atom is -0.451 e. The molecule has 0 unspecified atom stereocenters. The molecule has 4 rings (SSSR count). The molecule has 1 aliphatic rings. The van der Waals surface area contributed by atoms with Gasteiger partial charge in [-0.15, -0.1) is 0 Å². The topological polar surface area (TPSA) is 76.3 Å². The number of carbonyl (C=O) groups is 1. The van der Waals surface area contributed by atoms with Gasteiger partial charge in [-0.3, -0.25) is 19.6 Å². The molecule has 132 valence electrons. The summed E-state index contributed by atoms with van der Waals surface area (Å²) in [4.78, 5) is 35.7. The lowest BCUT2D eigenvalue weighted by Gasteiger charge is -2.32. The molecule has 2 aromatic heterocycles. The number of piperidine rings is 1. The van der Waals surface area contributed by atoms with Crippen LogP contribution in [-0.2, 0) is 0 Å². The largest absolute Gasteiger partial charge is 0.451 e. The fourth-order valence-corrected chi connectivity index (χ4v) is 3.45. The summed E-state index contributed by atoms with van der Waals surface area (Å²) >= 11 is 0. The molecule has 0 N–H and O–H groups in total. The number of rotatable bonds is 2. The van der Waals surface area contributed by atoms with Crippen molar-refractivity contribution >= 4 is 16.9 Å². The van der Waals surface area contributed by atoms with Crippen molar-refractivity contribution in [3.05, 3.63) is 70.1 Å². The van der Waals surface area contributed by atoms with E-state index in [-0.39, 0.29) is 23.0 Å². The third kappa shape index (κ3) is 3.10. The fraction of sp³-hybridized carbons (Fsp3) is 0.300. The maximum Gasteiger partial charge on any atom is 0.289 e. The number of fused-ring (bicyclic) bond motifs is 1. The van der Waals surface area contributed by atoms with E-state index in [0.717, 1.165) is 24.2 Å². The van der Waals surface area contributed by atoms with Crippen LogP contribution in [0.1, 0.15) is 40.7 Å². The highest BCUT2D eigenvalue weighted by atomic mass is 16.3. The van der Waals surface area contributed by atoms with E-state index in [1.807, 2.05) is 6.92 Å². The first-order valence-electron chi connectivity index (χ1n) is 8.72. The lowest BCUT2D eigenvalue weighted by molar-refractivity contribution is 0.0674. The summed E-state index contributed by atoms with van der Waals surface area (Å²) in [5, 5.41) is 0.482. The van der Waals surface area contributed by atoms with E-state index < -0.39 is 0 Å². The zero-order valence-corrected chi connectivity index (χ0v) is 14.5. The van der Waals surface area contributed by atoms with E-state index in [1.54, 1.807) is 41.6 Å². The van der Waals surface area contributed by atoms with Crippen LogP contribution in [0.25, 0.3) is 11.0 Å². The molecule has 0 aliphatic carbocycles. The minimum atomic E-state index is -0.252. The van der Waals surface area contributed by atoms with Crippen LogP contribution in [0.15, 0.2) is 51.9 Å². The van der Waals surface area contributed by atoms with Gasteiger partial charge in [0.2, 0.25) is 0 Å². The lowest BCUT2D eigenvalue weighted by atomic mass is 9.94. The first-order chi connectivity index (χ1) is 12.6. The first-order valence-corrected chi connectivity index (χ1v) is 8.72. The van der Waals surface area contributed by atoms with Crippen LogP contribution < -0.4 is 5.43 Å². The van der Waals surface area contributed by atoms with Gasteiger partial charge in [0, 0.05) is 37.5 Å². The number of likely N-dealkylation sites (tertiary alicyclic amines) is 1. The highest BCUT2D eigenvalue weighted by Crippen LogP contribution is 2.26. The molecule has 1 atom stereocenters. The lowest BCUT2D eigenvalue weighted by Crippen LogP contribution is -2.39. The maximum absolute atomic E-state index is 12.9. The molecule has 0 saturated carbocycles. The molecule has 6 nitrogen and oxygen atoms in total. The van der Waals surface area contributed by atoms with Gasteiger partial charge in [0.25, 0.3) is 5.91 Å². The molecule has 3 aromatic rings. The Bertz CT molecular complexity index is 1030. The van der Waals surface area contributed by atoms with E-state index in [0.29, 0.717) is 24.1 Å². The summed E-state index contributed by atoms with van der Waals surface area (Å²) in [6, 6.07) is 8.25. The van der Waals surface area contributed by atoms with Crippen LogP contribution in [0.2, 0.25) is 0 Å². The third-order valence-electron chi connectivity index (χ3n) is 4.75. The summed E-state index contributed by atoms with van der Waals surface area (Å²) in [7, 11) is 0. The molecule has 0 radical (unpaired) electrons. The van der Waals surface area contributed by atoms with Gasteiger partial charge in [-0.1, -0.05) is 12.1 Å². The molecule has 1 aliphatic heterocycles. The Hall–Kier alpha value is -3.02. The van der Waals surface area contributed by atoms with Crippen LogP contribution >= 0.6 is 0 Å². The number of aryl methyl sites for hydroxylation is 1. The molecule has 1 fully saturated rings. The van der Waals surface area contributed by atoms with Crippen molar-refractivity contribution in [1.82, 2.24) is 14.9 Å². The quantitative estimate of drug-likeness (QED) is 0.711. The van der Waals surface area contributed by atoms with Gasteiger partial charge in [0.15, 0.2) is 11.2 Å².